The fourth-order valence-electron chi connectivity index (χ4n) is 2.55. The molecule has 0 bridgehead atoms. The van der Waals surface area contributed by atoms with Crippen molar-refractivity contribution in [1.82, 2.24) is 15.6 Å². The van der Waals surface area contributed by atoms with Crippen molar-refractivity contribution in [1.29, 1.82) is 0 Å². The number of hydrogen-bond acceptors (Lipinski definition) is 4. The van der Waals surface area contributed by atoms with Crippen LogP contribution in [0.4, 0.5) is 4.79 Å². The molecule has 1 aliphatic carbocycles. The number of carboxylic acid groups (broad SMARTS) is 1. The highest BCUT2D eigenvalue weighted by molar-refractivity contribution is 7.09. The first-order valence-electron chi connectivity index (χ1n) is 7.67. The normalized spacial score (nSPS) is 21.6. The van der Waals surface area contributed by atoms with Crippen LogP contribution in [0.5, 0.6) is 0 Å². The molecule has 0 saturated heterocycles. The molecule has 0 aromatic carbocycles. The largest absolute Gasteiger partial charge is 0.481 e. The van der Waals surface area contributed by atoms with E-state index in [2.05, 4.69) is 29.5 Å². The topological polar surface area (TPSA) is 91.3 Å². The zero-order valence-electron chi connectivity index (χ0n) is 13.0. The fourth-order valence-corrected chi connectivity index (χ4v) is 3.44. The summed E-state index contributed by atoms with van der Waals surface area (Å²) in [5, 5.41) is 17.6. The van der Waals surface area contributed by atoms with Gasteiger partial charge in [0.05, 0.1) is 18.2 Å². The molecule has 2 amide bonds. The maximum atomic E-state index is 11.9. The molecule has 6 nitrogen and oxygen atoms in total. The van der Waals surface area contributed by atoms with Gasteiger partial charge in [-0.15, -0.1) is 11.3 Å². The minimum absolute atomic E-state index is 0.0677. The third-order valence-corrected chi connectivity index (χ3v) is 4.84. The minimum atomic E-state index is -0.729. The van der Waals surface area contributed by atoms with Crippen LogP contribution in [0.1, 0.15) is 56.2 Å². The molecular weight excluding hydrogens is 302 g/mol. The number of nitrogens with zero attached hydrogens (tertiary/aromatic N) is 1. The lowest BCUT2D eigenvalue weighted by molar-refractivity contribution is -0.142. The molecule has 0 radical (unpaired) electrons. The number of rotatable bonds is 5. The second kappa shape index (κ2) is 7.58. The van der Waals surface area contributed by atoms with E-state index in [-0.39, 0.29) is 18.0 Å². The van der Waals surface area contributed by atoms with Gasteiger partial charge in [-0.3, -0.25) is 4.79 Å². The Morgan fingerprint density at radius 2 is 2.05 bits per heavy atom. The van der Waals surface area contributed by atoms with Crippen LogP contribution in [-0.2, 0) is 11.3 Å². The molecule has 0 atom stereocenters. The number of urea groups is 1. The number of carbonyl (C=O) groups is 2. The molecule has 1 aliphatic rings. The molecule has 0 unspecified atom stereocenters. The van der Waals surface area contributed by atoms with Crippen LogP contribution in [0.25, 0.3) is 0 Å². The Morgan fingerprint density at radius 1 is 1.36 bits per heavy atom. The van der Waals surface area contributed by atoms with Gasteiger partial charge < -0.3 is 15.7 Å². The van der Waals surface area contributed by atoms with Crippen LogP contribution >= 0.6 is 11.3 Å². The second-order valence-electron chi connectivity index (χ2n) is 6.03. The Hall–Kier alpha value is -1.63. The maximum absolute atomic E-state index is 11.9. The Bertz CT molecular complexity index is 522. The second-order valence-corrected chi connectivity index (χ2v) is 6.98. The van der Waals surface area contributed by atoms with Gasteiger partial charge in [0.2, 0.25) is 0 Å². The summed E-state index contributed by atoms with van der Waals surface area (Å²) in [6.07, 6.45) is 2.70. The Balaban J connectivity index is 1.71. The van der Waals surface area contributed by atoms with Crippen molar-refractivity contribution in [2.24, 2.45) is 5.92 Å². The van der Waals surface area contributed by atoms with E-state index in [1.165, 1.54) is 0 Å². The molecule has 122 valence electrons. The predicted molar refractivity (Wildman–Crippen MR) is 85.0 cm³/mol. The SMILES string of the molecule is CC(C)c1csc(CNC(=O)NC2CCC(C(=O)O)CC2)n1. The highest BCUT2D eigenvalue weighted by atomic mass is 32.1. The minimum Gasteiger partial charge on any atom is -0.481 e. The van der Waals surface area contributed by atoms with Crippen molar-refractivity contribution in [3.05, 3.63) is 16.1 Å². The maximum Gasteiger partial charge on any atom is 0.315 e. The third-order valence-electron chi connectivity index (χ3n) is 3.97. The zero-order chi connectivity index (χ0) is 16.1. The summed E-state index contributed by atoms with van der Waals surface area (Å²) in [6.45, 7) is 4.60. The van der Waals surface area contributed by atoms with Gasteiger partial charge in [-0.25, -0.2) is 9.78 Å². The lowest BCUT2D eigenvalue weighted by Crippen LogP contribution is -2.43. The lowest BCUT2D eigenvalue weighted by atomic mass is 9.86. The molecule has 1 aromatic rings. The number of carboxylic acids is 1. The van der Waals surface area contributed by atoms with Crippen molar-refractivity contribution in [2.75, 3.05) is 0 Å². The predicted octanol–water partition coefficient (Wildman–Crippen LogP) is 2.71. The van der Waals surface area contributed by atoms with Crippen molar-refractivity contribution in [3.63, 3.8) is 0 Å². The Morgan fingerprint density at radius 3 is 2.59 bits per heavy atom. The van der Waals surface area contributed by atoms with Crippen molar-refractivity contribution in [3.8, 4) is 0 Å². The first kappa shape index (κ1) is 16.7. The molecule has 2 rings (SSSR count). The number of nitrogens with one attached hydrogen (secondary N) is 2. The quantitative estimate of drug-likeness (QED) is 0.776. The average molecular weight is 325 g/mol. The standard InChI is InChI=1S/C15H23N3O3S/c1-9(2)12-8-22-13(18-12)7-16-15(21)17-11-5-3-10(4-6-11)14(19)20/h8-11H,3-7H2,1-2H3,(H,19,20)(H2,16,17,21). The number of aromatic nitrogens is 1. The summed E-state index contributed by atoms with van der Waals surface area (Å²) in [6, 6.07) is -0.141. The first-order chi connectivity index (χ1) is 10.5. The van der Waals surface area contributed by atoms with Gasteiger partial charge in [-0.1, -0.05) is 13.8 Å². The van der Waals surface area contributed by atoms with Gasteiger partial charge in [0.1, 0.15) is 5.01 Å². The molecule has 0 aliphatic heterocycles. The van der Waals surface area contributed by atoms with Gasteiger partial charge in [0, 0.05) is 11.4 Å². The van der Waals surface area contributed by atoms with E-state index >= 15 is 0 Å². The number of carbonyl (C=O) groups excluding carboxylic acids is 1. The summed E-state index contributed by atoms with van der Waals surface area (Å²) >= 11 is 1.55. The summed E-state index contributed by atoms with van der Waals surface area (Å²) in [5.41, 5.74) is 1.05. The molecule has 3 N–H and O–H groups in total. The smallest absolute Gasteiger partial charge is 0.315 e. The van der Waals surface area contributed by atoms with Crippen LogP contribution in [0.15, 0.2) is 5.38 Å². The number of thiazole rings is 1. The highest BCUT2D eigenvalue weighted by Crippen LogP contribution is 2.24. The highest BCUT2D eigenvalue weighted by Gasteiger charge is 2.26. The van der Waals surface area contributed by atoms with E-state index in [9.17, 15) is 9.59 Å². The van der Waals surface area contributed by atoms with Crippen LogP contribution in [-0.4, -0.2) is 28.1 Å². The Kier molecular flexibility index (Phi) is 5.76. The van der Waals surface area contributed by atoms with Crippen molar-refractivity contribution >= 4 is 23.3 Å². The van der Waals surface area contributed by atoms with E-state index in [1.807, 2.05) is 5.38 Å². The van der Waals surface area contributed by atoms with Gasteiger partial charge in [-0.05, 0) is 31.6 Å². The van der Waals surface area contributed by atoms with Crippen molar-refractivity contribution in [2.45, 2.75) is 58.0 Å². The molecular formula is C15H23N3O3S. The van der Waals surface area contributed by atoms with Gasteiger partial charge in [-0.2, -0.15) is 0 Å². The number of aliphatic carboxylic acids is 1. The summed E-state index contributed by atoms with van der Waals surface area (Å²) in [4.78, 5) is 27.2. The van der Waals surface area contributed by atoms with E-state index in [4.69, 9.17) is 5.11 Å². The average Bonchev–Trinajstić information content (AvgIpc) is 2.95. The van der Waals surface area contributed by atoms with Crippen molar-refractivity contribution < 1.29 is 14.7 Å². The Labute approximate surface area is 134 Å². The summed E-state index contributed by atoms with van der Waals surface area (Å²) in [5.74, 6) is -0.596. The zero-order valence-corrected chi connectivity index (χ0v) is 13.8. The third kappa shape index (κ3) is 4.69. The van der Waals surface area contributed by atoms with Gasteiger partial charge in [0.15, 0.2) is 0 Å². The fraction of sp³-hybridized carbons (Fsp3) is 0.667. The van der Waals surface area contributed by atoms with Gasteiger partial charge >= 0.3 is 12.0 Å². The monoisotopic (exact) mass is 325 g/mol. The van der Waals surface area contributed by atoms with Crippen LogP contribution in [0, 0.1) is 5.92 Å². The van der Waals surface area contributed by atoms with Gasteiger partial charge in [0.25, 0.3) is 0 Å². The number of amides is 2. The summed E-state index contributed by atoms with van der Waals surface area (Å²) in [7, 11) is 0. The van der Waals surface area contributed by atoms with Crippen LogP contribution in [0.2, 0.25) is 0 Å². The molecule has 1 saturated carbocycles. The molecule has 1 heterocycles. The molecule has 1 aromatic heterocycles. The lowest BCUT2D eigenvalue weighted by Gasteiger charge is -2.26. The summed E-state index contributed by atoms with van der Waals surface area (Å²) < 4.78 is 0. The van der Waals surface area contributed by atoms with E-state index in [0.29, 0.717) is 25.3 Å². The number of hydrogen-bond donors (Lipinski definition) is 3. The van der Waals surface area contributed by atoms with E-state index in [0.717, 1.165) is 23.5 Å². The molecule has 22 heavy (non-hydrogen) atoms. The van der Waals surface area contributed by atoms with E-state index < -0.39 is 5.97 Å². The van der Waals surface area contributed by atoms with Crippen LogP contribution in [0.3, 0.4) is 0 Å². The molecule has 0 spiro atoms. The molecule has 1 fully saturated rings. The van der Waals surface area contributed by atoms with E-state index in [1.54, 1.807) is 11.3 Å². The first-order valence-corrected chi connectivity index (χ1v) is 8.55. The van der Waals surface area contributed by atoms with Crippen LogP contribution < -0.4 is 10.6 Å². The molecule has 7 heteroatoms.